The Morgan fingerprint density at radius 2 is 2.08 bits per heavy atom. The Morgan fingerprint density at radius 1 is 1.36 bits per heavy atom. The topological polar surface area (TPSA) is 49.8 Å². The molecule has 136 valence electrons. The summed E-state index contributed by atoms with van der Waals surface area (Å²) < 4.78 is 18.5. The van der Waals surface area contributed by atoms with Gasteiger partial charge in [-0.1, -0.05) is 13.8 Å². The van der Waals surface area contributed by atoms with Crippen molar-refractivity contribution in [1.29, 1.82) is 0 Å². The number of thiazole rings is 1. The van der Waals surface area contributed by atoms with Crippen LogP contribution < -0.4 is 10.1 Å². The summed E-state index contributed by atoms with van der Waals surface area (Å²) >= 11 is 1.69. The van der Waals surface area contributed by atoms with Crippen LogP contribution in [0.15, 0.2) is 34.6 Å². The normalized spacial score (nSPS) is 11.7. The van der Waals surface area contributed by atoms with Gasteiger partial charge < -0.3 is 15.0 Å². The van der Waals surface area contributed by atoms with Crippen molar-refractivity contribution in [1.82, 2.24) is 15.2 Å². The number of rotatable bonds is 7. The molecule has 25 heavy (non-hydrogen) atoms. The van der Waals surface area contributed by atoms with E-state index < -0.39 is 0 Å². The summed E-state index contributed by atoms with van der Waals surface area (Å²) in [6, 6.07) is 6.02. The first kappa shape index (κ1) is 19.2. The molecule has 0 atom stereocenters. The van der Waals surface area contributed by atoms with E-state index in [1.54, 1.807) is 30.5 Å². The summed E-state index contributed by atoms with van der Waals surface area (Å²) in [7, 11) is 3.70. The molecule has 0 aliphatic heterocycles. The van der Waals surface area contributed by atoms with Gasteiger partial charge in [0.05, 0.1) is 23.8 Å². The fourth-order valence-corrected chi connectivity index (χ4v) is 3.00. The van der Waals surface area contributed by atoms with Crippen LogP contribution in [0, 0.1) is 5.82 Å². The molecule has 0 amide bonds. The number of benzene rings is 1. The van der Waals surface area contributed by atoms with Gasteiger partial charge in [-0.2, -0.15) is 0 Å². The van der Waals surface area contributed by atoms with E-state index in [-0.39, 0.29) is 5.82 Å². The van der Waals surface area contributed by atoms with Crippen LogP contribution in [0.2, 0.25) is 0 Å². The number of nitrogens with zero attached hydrogens (tertiary/aromatic N) is 3. The molecular weight excluding hydrogens is 339 g/mol. The Labute approximate surface area is 152 Å². The number of hydrogen-bond donors (Lipinski definition) is 1. The number of hydrogen-bond acceptors (Lipinski definition) is 4. The minimum absolute atomic E-state index is 0.267. The van der Waals surface area contributed by atoms with Gasteiger partial charge >= 0.3 is 0 Å². The predicted octanol–water partition coefficient (Wildman–Crippen LogP) is 3.49. The minimum atomic E-state index is -0.267. The van der Waals surface area contributed by atoms with Crippen molar-refractivity contribution in [2.45, 2.75) is 26.3 Å². The highest BCUT2D eigenvalue weighted by Crippen LogP contribution is 2.19. The summed E-state index contributed by atoms with van der Waals surface area (Å²) in [5.74, 6) is 1.62. The third-order valence-corrected chi connectivity index (χ3v) is 4.77. The van der Waals surface area contributed by atoms with E-state index in [1.807, 2.05) is 11.9 Å². The Morgan fingerprint density at radius 3 is 2.68 bits per heavy atom. The molecule has 0 saturated heterocycles. The number of halogens is 1. The summed E-state index contributed by atoms with van der Waals surface area (Å²) in [5, 5.41) is 6.53. The lowest BCUT2D eigenvalue weighted by Gasteiger charge is -2.21. The molecular formula is C18H25FN4OS. The molecule has 2 aromatic rings. The van der Waals surface area contributed by atoms with Crippen LogP contribution >= 0.6 is 11.3 Å². The summed E-state index contributed by atoms with van der Waals surface area (Å²) in [4.78, 5) is 10.9. The van der Waals surface area contributed by atoms with Gasteiger partial charge in [-0.25, -0.2) is 9.37 Å². The summed E-state index contributed by atoms with van der Waals surface area (Å²) in [6.45, 7) is 6.06. The van der Waals surface area contributed by atoms with E-state index >= 15 is 0 Å². The van der Waals surface area contributed by atoms with Crippen molar-refractivity contribution in [2.75, 3.05) is 27.2 Å². The van der Waals surface area contributed by atoms with Crippen molar-refractivity contribution in [3.05, 3.63) is 46.2 Å². The average Bonchev–Trinajstić information content (AvgIpc) is 3.06. The molecule has 5 nitrogen and oxygen atoms in total. The number of ether oxygens (including phenoxy) is 1. The second-order valence-corrected chi connectivity index (χ2v) is 6.85. The smallest absolute Gasteiger partial charge is 0.193 e. The maximum atomic E-state index is 12.9. The molecule has 0 aliphatic carbocycles. The van der Waals surface area contributed by atoms with E-state index in [4.69, 9.17) is 4.74 Å². The highest BCUT2D eigenvalue weighted by Gasteiger charge is 2.09. The molecule has 0 radical (unpaired) electrons. The van der Waals surface area contributed by atoms with Crippen LogP contribution in [-0.2, 0) is 6.54 Å². The van der Waals surface area contributed by atoms with Crippen LogP contribution in [0.3, 0.4) is 0 Å². The second-order valence-electron chi connectivity index (χ2n) is 5.96. The lowest BCUT2D eigenvalue weighted by atomic mass is 10.2. The molecule has 0 spiro atoms. The summed E-state index contributed by atoms with van der Waals surface area (Å²) in [5.41, 5.74) is 1.02. The van der Waals surface area contributed by atoms with E-state index in [0.29, 0.717) is 31.4 Å². The van der Waals surface area contributed by atoms with E-state index in [1.165, 1.54) is 12.1 Å². The van der Waals surface area contributed by atoms with Gasteiger partial charge in [-0.3, -0.25) is 4.99 Å². The fraction of sp³-hybridized carbons (Fsp3) is 0.444. The highest BCUT2D eigenvalue weighted by atomic mass is 32.1. The standard InChI is InChI=1S/C18H25FN4OS/c1-13(2)17-22-15(12-25-17)11-21-18(20-3)23(4)9-10-24-16-7-5-14(19)6-8-16/h5-8,12-13H,9-11H2,1-4H3,(H,20,21). The van der Waals surface area contributed by atoms with Crippen molar-refractivity contribution in [3.8, 4) is 5.75 Å². The Hall–Kier alpha value is -2.15. The van der Waals surface area contributed by atoms with Crippen LogP contribution in [0.1, 0.15) is 30.5 Å². The Bertz CT molecular complexity index is 685. The molecule has 0 bridgehead atoms. The highest BCUT2D eigenvalue weighted by molar-refractivity contribution is 7.09. The molecule has 7 heteroatoms. The first-order chi connectivity index (χ1) is 12.0. The molecule has 1 aromatic carbocycles. The van der Waals surface area contributed by atoms with Gasteiger partial charge in [-0.05, 0) is 24.3 Å². The van der Waals surface area contributed by atoms with Gasteiger partial charge in [0, 0.05) is 25.4 Å². The molecule has 1 aromatic heterocycles. The van der Waals surface area contributed by atoms with Crippen molar-refractivity contribution in [2.24, 2.45) is 4.99 Å². The lowest BCUT2D eigenvalue weighted by Crippen LogP contribution is -2.40. The fourth-order valence-electron chi connectivity index (χ4n) is 2.16. The third-order valence-electron chi connectivity index (χ3n) is 3.57. The number of aliphatic imine (C=N–C) groups is 1. The minimum Gasteiger partial charge on any atom is -0.492 e. The number of aromatic nitrogens is 1. The van der Waals surface area contributed by atoms with Gasteiger partial charge in [0.25, 0.3) is 0 Å². The van der Waals surface area contributed by atoms with Gasteiger partial charge in [0.1, 0.15) is 18.2 Å². The number of guanidine groups is 1. The predicted molar refractivity (Wildman–Crippen MR) is 101 cm³/mol. The molecule has 0 aliphatic rings. The van der Waals surface area contributed by atoms with Crippen LogP contribution in [-0.4, -0.2) is 43.1 Å². The van der Waals surface area contributed by atoms with Gasteiger partial charge in [-0.15, -0.1) is 11.3 Å². The lowest BCUT2D eigenvalue weighted by molar-refractivity contribution is 0.281. The zero-order valence-electron chi connectivity index (χ0n) is 15.1. The number of nitrogens with one attached hydrogen (secondary N) is 1. The van der Waals surface area contributed by atoms with Crippen LogP contribution in [0.25, 0.3) is 0 Å². The summed E-state index contributed by atoms with van der Waals surface area (Å²) in [6.07, 6.45) is 0. The van der Waals surface area contributed by atoms with E-state index in [9.17, 15) is 4.39 Å². The Kier molecular flexibility index (Phi) is 7.18. The number of likely N-dealkylation sites (N-methyl/N-ethyl adjacent to an activating group) is 1. The van der Waals surface area contributed by atoms with Crippen molar-refractivity contribution >= 4 is 17.3 Å². The Balaban J connectivity index is 1.77. The zero-order valence-corrected chi connectivity index (χ0v) is 15.9. The van der Waals surface area contributed by atoms with E-state index in [0.717, 1.165) is 16.7 Å². The molecule has 0 unspecified atom stereocenters. The average molecular weight is 364 g/mol. The largest absolute Gasteiger partial charge is 0.492 e. The molecule has 1 N–H and O–H groups in total. The third kappa shape index (κ3) is 6.01. The molecule has 1 heterocycles. The maximum Gasteiger partial charge on any atom is 0.193 e. The monoisotopic (exact) mass is 364 g/mol. The first-order valence-electron chi connectivity index (χ1n) is 8.24. The SMILES string of the molecule is CN=C(NCc1csc(C(C)C)n1)N(C)CCOc1ccc(F)cc1. The first-order valence-corrected chi connectivity index (χ1v) is 9.12. The molecule has 0 fully saturated rings. The van der Waals surface area contributed by atoms with Crippen LogP contribution in [0.5, 0.6) is 5.75 Å². The maximum absolute atomic E-state index is 12.9. The quantitative estimate of drug-likeness (QED) is 0.603. The van der Waals surface area contributed by atoms with Crippen molar-refractivity contribution < 1.29 is 9.13 Å². The van der Waals surface area contributed by atoms with Crippen molar-refractivity contribution in [3.63, 3.8) is 0 Å². The van der Waals surface area contributed by atoms with Gasteiger partial charge in [0.15, 0.2) is 5.96 Å². The second kappa shape index (κ2) is 9.36. The molecule has 0 saturated carbocycles. The molecule has 2 rings (SSSR count). The van der Waals surface area contributed by atoms with E-state index in [2.05, 4.69) is 34.5 Å². The van der Waals surface area contributed by atoms with Crippen LogP contribution in [0.4, 0.5) is 4.39 Å². The zero-order chi connectivity index (χ0) is 18.2. The van der Waals surface area contributed by atoms with Gasteiger partial charge in [0.2, 0.25) is 0 Å².